The second-order valence-electron chi connectivity index (χ2n) is 7.22. The van der Waals surface area contributed by atoms with Crippen LogP contribution in [0.1, 0.15) is 24.8 Å². The van der Waals surface area contributed by atoms with Gasteiger partial charge < -0.3 is 4.74 Å². The van der Waals surface area contributed by atoms with Crippen molar-refractivity contribution in [3.8, 4) is 0 Å². The molecule has 29 heavy (non-hydrogen) atoms. The highest BCUT2D eigenvalue weighted by atomic mass is 32.2. The third-order valence-corrected chi connectivity index (χ3v) is 7.88. The Morgan fingerprint density at radius 3 is 2.52 bits per heavy atom. The minimum Gasteiger partial charge on any atom is -0.374 e. The maximum Gasteiger partial charge on any atom is 0.178 e. The Balaban J connectivity index is 1.69. The van der Waals surface area contributed by atoms with E-state index in [9.17, 15) is 8.42 Å². The zero-order chi connectivity index (χ0) is 20.7. The molecule has 0 unspecified atom stereocenters. The fourth-order valence-electron chi connectivity index (χ4n) is 3.70. The molecule has 0 bridgehead atoms. The molecule has 2 aromatic carbocycles. The predicted molar refractivity (Wildman–Crippen MR) is 116 cm³/mol. The summed E-state index contributed by atoms with van der Waals surface area (Å²) >= 11 is 1.57. The summed E-state index contributed by atoms with van der Waals surface area (Å²) in [6.45, 7) is 0.493. The van der Waals surface area contributed by atoms with E-state index in [0.29, 0.717) is 24.3 Å². The third-order valence-electron chi connectivity index (χ3n) is 5.27. The summed E-state index contributed by atoms with van der Waals surface area (Å²) in [4.78, 5) is 4.26. The smallest absolute Gasteiger partial charge is 0.178 e. The molecule has 0 aromatic heterocycles. The van der Waals surface area contributed by atoms with Gasteiger partial charge in [0.05, 0.1) is 23.4 Å². The van der Waals surface area contributed by atoms with E-state index in [0.717, 1.165) is 16.9 Å². The van der Waals surface area contributed by atoms with Crippen LogP contribution in [0.4, 0.5) is 0 Å². The van der Waals surface area contributed by atoms with E-state index in [1.165, 1.54) is 0 Å². The number of azide groups is 1. The predicted octanol–water partition coefficient (Wildman–Crippen LogP) is 5.25. The van der Waals surface area contributed by atoms with Crippen LogP contribution < -0.4 is 0 Å². The lowest BCUT2D eigenvalue weighted by molar-refractivity contribution is 0.000673. The fourth-order valence-corrected chi connectivity index (χ4v) is 5.78. The molecule has 0 aliphatic heterocycles. The molecule has 0 amide bonds. The molecule has 0 radical (unpaired) electrons. The molecule has 1 aliphatic carbocycles. The first kappa shape index (κ1) is 21.7. The van der Waals surface area contributed by atoms with Crippen molar-refractivity contribution in [2.24, 2.45) is 11.0 Å². The minimum absolute atomic E-state index is 0.0412. The van der Waals surface area contributed by atoms with Gasteiger partial charge in [0.1, 0.15) is 0 Å². The molecule has 1 aliphatic rings. The van der Waals surface area contributed by atoms with E-state index < -0.39 is 9.84 Å². The number of ether oxygens (including phenoxy) is 1. The quantitative estimate of drug-likeness (QED) is 0.247. The summed E-state index contributed by atoms with van der Waals surface area (Å²) in [6.07, 6.45) is 3.87. The second kappa shape index (κ2) is 10.2. The van der Waals surface area contributed by atoms with Crippen molar-refractivity contribution in [2.45, 2.75) is 47.8 Å². The van der Waals surface area contributed by atoms with Crippen molar-refractivity contribution >= 4 is 21.6 Å². The third kappa shape index (κ3) is 6.00. The van der Waals surface area contributed by atoms with Crippen LogP contribution >= 0.6 is 11.8 Å². The van der Waals surface area contributed by atoms with Crippen LogP contribution in [0.3, 0.4) is 0 Å². The Hall–Kier alpha value is -1.99. The highest BCUT2D eigenvalue weighted by molar-refractivity contribution is 7.98. The lowest BCUT2D eigenvalue weighted by atomic mass is 9.84. The van der Waals surface area contributed by atoms with Gasteiger partial charge >= 0.3 is 0 Å². The van der Waals surface area contributed by atoms with Crippen molar-refractivity contribution in [2.75, 3.05) is 12.0 Å². The Morgan fingerprint density at radius 1 is 1.14 bits per heavy atom. The summed E-state index contributed by atoms with van der Waals surface area (Å²) in [5, 5.41) is 3.88. The van der Waals surface area contributed by atoms with Gasteiger partial charge in [0.15, 0.2) is 9.84 Å². The SMILES string of the molecule is CSc1ccc(S(=O)(=O)C[C@H]2C[C@H](OCc3ccccc3)CC[C@@H]2N=[N+]=[N-])cc1. The Bertz CT molecular complexity index is 943. The summed E-state index contributed by atoms with van der Waals surface area (Å²) in [5.41, 5.74) is 9.99. The zero-order valence-electron chi connectivity index (χ0n) is 16.3. The molecule has 2 aromatic rings. The molecule has 3 rings (SSSR count). The number of rotatable bonds is 8. The summed E-state index contributed by atoms with van der Waals surface area (Å²) in [6, 6.07) is 16.5. The van der Waals surface area contributed by atoms with E-state index in [1.54, 1.807) is 23.9 Å². The number of hydrogen-bond acceptors (Lipinski definition) is 5. The topological polar surface area (TPSA) is 92.1 Å². The first-order valence-corrected chi connectivity index (χ1v) is 12.5. The first-order chi connectivity index (χ1) is 14.0. The lowest BCUT2D eigenvalue weighted by Gasteiger charge is -2.33. The standard InChI is InChI=1S/C21H25N3O3S2/c1-28-19-8-10-20(11-9-19)29(25,26)15-17-13-18(7-12-21(17)23-24-22)27-14-16-5-3-2-4-6-16/h2-6,8-11,17-18,21H,7,12-15H2,1H3/t17-,18-,21+/m1/s1. The molecule has 8 heteroatoms. The Morgan fingerprint density at radius 2 is 1.86 bits per heavy atom. The average Bonchev–Trinajstić information content (AvgIpc) is 2.74. The van der Waals surface area contributed by atoms with Crippen LogP contribution in [0.25, 0.3) is 10.4 Å². The zero-order valence-corrected chi connectivity index (χ0v) is 18.0. The molecule has 3 atom stereocenters. The number of nitrogens with zero attached hydrogens (tertiary/aromatic N) is 3. The van der Waals surface area contributed by atoms with Gasteiger partial charge in [0, 0.05) is 15.8 Å². The van der Waals surface area contributed by atoms with E-state index in [1.807, 2.05) is 48.7 Å². The van der Waals surface area contributed by atoms with Crippen LogP contribution in [-0.4, -0.2) is 32.6 Å². The van der Waals surface area contributed by atoms with Gasteiger partial charge in [-0.1, -0.05) is 35.4 Å². The molecule has 0 N–H and O–H groups in total. The van der Waals surface area contributed by atoms with Gasteiger partial charge in [0.2, 0.25) is 0 Å². The Kier molecular flexibility index (Phi) is 7.61. The molecule has 1 fully saturated rings. The fraction of sp³-hybridized carbons (Fsp3) is 0.429. The molecular weight excluding hydrogens is 406 g/mol. The molecule has 1 saturated carbocycles. The molecule has 0 heterocycles. The normalized spacial score (nSPS) is 22.0. The molecule has 154 valence electrons. The summed E-state index contributed by atoms with van der Waals surface area (Å²) in [5.74, 6) is -0.300. The maximum atomic E-state index is 13.0. The van der Waals surface area contributed by atoms with Crippen molar-refractivity contribution in [1.82, 2.24) is 0 Å². The maximum absolute atomic E-state index is 13.0. The molecule has 0 saturated heterocycles. The average molecular weight is 432 g/mol. The van der Waals surface area contributed by atoms with Crippen molar-refractivity contribution in [1.29, 1.82) is 0 Å². The van der Waals surface area contributed by atoms with Gasteiger partial charge in [-0.15, -0.1) is 11.8 Å². The first-order valence-electron chi connectivity index (χ1n) is 9.58. The highest BCUT2D eigenvalue weighted by Gasteiger charge is 2.34. The van der Waals surface area contributed by atoms with Gasteiger partial charge in [-0.2, -0.15) is 0 Å². The number of hydrogen-bond donors (Lipinski definition) is 0. The monoisotopic (exact) mass is 431 g/mol. The summed E-state index contributed by atoms with van der Waals surface area (Å²) < 4.78 is 32.0. The van der Waals surface area contributed by atoms with Crippen LogP contribution in [-0.2, 0) is 21.2 Å². The van der Waals surface area contributed by atoms with E-state index in [-0.39, 0.29) is 23.8 Å². The van der Waals surface area contributed by atoms with Crippen LogP contribution in [0.15, 0.2) is 69.5 Å². The van der Waals surface area contributed by atoms with E-state index in [4.69, 9.17) is 10.3 Å². The molecular formula is C21H25N3O3S2. The van der Waals surface area contributed by atoms with Crippen LogP contribution in [0.2, 0.25) is 0 Å². The van der Waals surface area contributed by atoms with Crippen molar-refractivity contribution in [3.05, 3.63) is 70.6 Å². The summed E-state index contributed by atoms with van der Waals surface area (Å²) in [7, 11) is -3.47. The van der Waals surface area contributed by atoms with Crippen LogP contribution in [0.5, 0.6) is 0 Å². The number of sulfone groups is 1. The number of thioether (sulfide) groups is 1. The molecule has 0 spiro atoms. The van der Waals surface area contributed by atoms with Gasteiger partial charge in [-0.05, 0) is 66.8 Å². The van der Waals surface area contributed by atoms with Gasteiger partial charge in [0.25, 0.3) is 0 Å². The molecule has 6 nitrogen and oxygen atoms in total. The highest BCUT2D eigenvalue weighted by Crippen LogP contribution is 2.32. The largest absolute Gasteiger partial charge is 0.374 e. The lowest BCUT2D eigenvalue weighted by Crippen LogP contribution is -2.36. The Labute approximate surface area is 176 Å². The van der Waals surface area contributed by atoms with Crippen LogP contribution in [0, 0.1) is 5.92 Å². The second-order valence-corrected chi connectivity index (χ2v) is 10.1. The number of benzene rings is 2. The van der Waals surface area contributed by atoms with Gasteiger partial charge in [-0.25, -0.2) is 8.42 Å². The van der Waals surface area contributed by atoms with Crippen molar-refractivity contribution in [3.63, 3.8) is 0 Å². The van der Waals surface area contributed by atoms with Crippen molar-refractivity contribution < 1.29 is 13.2 Å². The van der Waals surface area contributed by atoms with E-state index in [2.05, 4.69) is 10.0 Å². The van der Waals surface area contributed by atoms with E-state index >= 15 is 0 Å². The van der Waals surface area contributed by atoms with Gasteiger partial charge in [-0.3, -0.25) is 0 Å². The minimum atomic E-state index is -3.47.